The molecule has 2 heterocycles. The van der Waals surface area contributed by atoms with Crippen molar-refractivity contribution in [2.45, 2.75) is 6.42 Å². The van der Waals surface area contributed by atoms with E-state index in [-0.39, 0.29) is 0 Å². The first-order chi connectivity index (χ1) is 6.88. The number of H-pyrrole nitrogens is 1. The van der Waals surface area contributed by atoms with E-state index < -0.39 is 0 Å². The van der Waals surface area contributed by atoms with Gasteiger partial charge >= 0.3 is 0 Å². The predicted molar refractivity (Wildman–Crippen MR) is 51.6 cm³/mol. The van der Waals surface area contributed by atoms with Crippen LogP contribution >= 0.6 is 0 Å². The van der Waals surface area contributed by atoms with Gasteiger partial charge in [0.25, 0.3) is 0 Å². The Labute approximate surface area is 79.6 Å². The first-order valence-corrected chi connectivity index (χ1v) is 4.31. The molecule has 0 radical (unpaired) electrons. The molecule has 3 rings (SSSR count). The lowest BCUT2D eigenvalue weighted by molar-refractivity contribution is 1.13. The SMILES string of the molecule is N#CC1=CC=c2[nH]c3c(c2C1)N=CN=3. The van der Waals surface area contributed by atoms with E-state index in [4.69, 9.17) is 5.26 Å². The van der Waals surface area contributed by atoms with Gasteiger partial charge in [0.2, 0.25) is 0 Å². The fourth-order valence-corrected chi connectivity index (χ4v) is 1.74. The topological polar surface area (TPSA) is 64.3 Å². The van der Waals surface area contributed by atoms with Gasteiger partial charge in [-0.3, -0.25) is 0 Å². The van der Waals surface area contributed by atoms with Gasteiger partial charge in [0.15, 0.2) is 5.49 Å². The second-order valence-electron chi connectivity index (χ2n) is 3.24. The van der Waals surface area contributed by atoms with Crippen LogP contribution in [-0.4, -0.2) is 11.3 Å². The van der Waals surface area contributed by atoms with Crippen LogP contribution in [0.3, 0.4) is 0 Å². The molecule has 1 aromatic heterocycles. The van der Waals surface area contributed by atoms with Gasteiger partial charge in [-0.2, -0.15) is 5.26 Å². The summed E-state index contributed by atoms with van der Waals surface area (Å²) in [6, 6.07) is 2.16. The third kappa shape index (κ3) is 0.811. The highest BCUT2D eigenvalue weighted by molar-refractivity contribution is 5.70. The van der Waals surface area contributed by atoms with Gasteiger partial charge in [-0.05, 0) is 12.2 Å². The number of nitrogens with zero attached hydrogens (tertiary/aromatic N) is 3. The van der Waals surface area contributed by atoms with Crippen LogP contribution in [0, 0.1) is 11.3 Å². The van der Waals surface area contributed by atoms with Gasteiger partial charge in [-0.25, -0.2) is 9.98 Å². The molecule has 0 atom stereocenters. The Balaban J connectivity index is 2.30. The van der Waals surface area contributed by atoms with Crippen molar-refractivity contribution in [2.24, 2.45) is 9.98 Å². The van der Waals surface area contributed by atoms with Crippen molar-refractivity contribution in [1.82, 2.24) is 4.98 Å². The fourth-order valence-electron chi connectivity index (χ4n) is 1.74. The minimum absolute atomic E-state index is 0.654. The van der Waals surface area contributed by atoms with Crippen LogP contribution in [0.15, 0.2) is 21.6 Å². The fraction of sp³-hybridized carbons (Fsp3) is 0.100. The summed E-state index contributed by atoms with van der Waals surface area (Å²) in [5, 5.41) is 9.82. The monoisotopic (exact) mass is 182 g/mol. The van der Waals surface area contributed by atoms with Crippen LogP contribution in [0.1, 0.15) is 5.56 Å². The predicted octanol–water partition coefficient (Wildman–Crippen LogP) is 0.0943. The summed E-state index contributed by atoms with van der Waals surface area (Å²) >= 11 is 0. The zero-order valence-electron chi connectivity index (χ0n) is 7.28. The van der Waals surface area contributed by atoms with E-state index in [2.05, 4.69) is 21.0 Å². The van der Waals surface area contributed by atoms with Crippen LogP contribution in [0.25, 0.3) is 6.08 Å². The number of nitrogens with one attached hydrogen (secondary N) is 1. The Hall–Kier alpha value is -2.15. The number of hydrogen-bond acceptors (Lipinski definition) is 3. The van der Waals surface area contributed by atoms with E-state index in [1.54, 1.807) is 0 Å². The van der Waals surface area contributed by atoms with Crippen LogP contribution in [0.4, 0.5) is 5.69 Å². The van der Waals surface area contributed by atoms with Gasteiger partial charge in [-0.1, -0.05) is 0 Å². The van der Waals surface area contributed by atoms with E-state index in [9.17, 15) is 0 Å². The van der Waals surface area contributed by atoms with E-state index in [0.29, 0.717) is 6.42 Å². The van der Waals surface area contributed by atoms with Crippen molar-refractivity contribution in [3.05, 3.63) is 28.0 Å². The summed E-state index contributed by atoms with van der Waals surface area (Å²) in [6.45, 7) is 0. The highest BCUT2D eigenvalue weighted by Gasteiger charge is 2.15. The molecule has 0 bridgehead atoms. The molecular formula is C10H6N4. The summed E-state index contributed by atoms with van der Waals surface area (Å²) < 4.78 is 0. The van der Waals surface area contributed by atoms with Gasteiger partial charge in [0, 0.05) is 22.9 Å². The smallest absolute Gasteiger partial charge is 0.158 e. The van der Waals surface area contributed by atoms with Gasteiger partial charge in [-0.15, -0.1) is 0 Å². The molecule has 1 aromatic rings. The molecule has 0 unspecified atom stereocenters. The number of aliphatic imine (C=N–C) groups is 1. The number of nitriles is 1. The first-order valence-electron chi connectivity index (χ1n) is 4.31. The van der Waals surface area contributed by atoms with Crippen molar-refractivity contribution < 1.29 is 0 Å². The number of aromatic amines is 1. The van der Waals surface area contributed by atoms with Crippen molar-refractivity contribution in [1.29, 1.82) is 5.26 Å². The minimum atomic E-state index is 0.654. The normalized spacial score (nSPS) is 16.1. The summed E-state index contributed by atoms with van der Waals surface area (Å²) in [5.74, 6) is 0. The third-order valence-corrected chi connectivity index (χ3v) is 2.42. The van der Waals surface area contributed by atoms with E-state index in [1.807, 2.05) is 12.2 Å². The maximum atomic E-state index is 8.79. The number of aromatic nitrogens is 1. The highest BCUT2D eigenvalue weighted by atomic mass is 15.0. The van der Waals surface area contributed by atoms with Crippen LogP contribution in [-0.2, 0) is 6.42 Å². The molecule has 2 aliphatic rings. The van der Waals surface area contributed by atoms with E-state index in [1.165, 1.54) is 6.34 Å². The molecular weight excluding hydrogens is 176 g/mol. The summed E-state index contributed by atoms with van der Waals surface area (Å²) in [6.07, 6.45) is 5.92. The van der Waals surface area contributed by atoms with Gasteiger partial charge < -0.3 is 4.98 Å². The number of hydrogen-bond donors (Lipinski definition) is 1. The average Bonchev–Trinajstić information content (AvgIpc) is 2.76. The summed E-state index contributed by atoms with van der Waals surface area (Å²) in [4.78, 5) is 11.4. The lowest BCUT2D eigenvalue weighted by atomic mass is 10.0. The van der Waals surface area contributed by atoms with E-state index >= 15 is 0 Å². The van der Waals surface area contributed by atoms with Crippen molar-refractivity contribution >= 4 is 18.1 Å². The third-order valence-electron chi connectivity index (χ3n) is 2.42. The molecule has 14 heavy (non-hydrogen) atoms. The largest absolute Gasteiger partial charge is 0.338 e. The number of rotatable bonds is 0. The molecule has 4 heteroatoms. The maximum Gasteiger partial charge on any atom is 0.158 e. The van der Waals surface area contributed by atoms with Crippen LogP contribution in [0.5, 0.6) is 0 Å². The first kappa shape index (κ1) is 7.27. The Morgan fingerprint density at radius 3 is 3.21 bits per heavy atom. The van der Waals surface area contributed by atoms with Crippen molar-refractivity contribution in [2.75, 3.05) is 0 Å². The molecule has 4 nitrogen and oxygen atoms in total. The summed E-state index contributed by atoms with van der Waals surface area (Å²) in [5.41, 5.74) is 3.54. The van der Waals surface area contributed by atoms with Crippen LogP contribution in [0.2, 0.25) is 0 Å². The molecule has 0 saturated carbocycles. The molecule has 0 saturated heterocycles. The molecule has 66 valence electrons. The quantitative estimate of drug-likeness (QED) is 0.607. The minimum Gasteiger partial charge on any atom is -0.338 e. The molecule has 0 spiro atoms. The van der Waals surface area contributed by atoms with E-state index in [0.717, 1.165) is 27.7 Å². The molecule has 1 aliphatic carbocycles. The van der Waals surface area contributed by atoms with Crippen molar-refractivity contribution in [3.63, 3.8) is 0 Å². The molecule has 0 amide bonds. The molecule has 1 aliphatic heterocycles. The molecule has 1 N–H and O–H groups in total. The zero-order valence-corrected chi connectivity index (χ0v) is 7.28. The lowest BCUT2D eigenvalue weighted by Gasteiger charge is -2.01. The number of allylic oxidation sites excluding steroid dienone is 2. The Morgan fingerprint density at radius 1 is 1.43 bits per heavy atom. The number of fused-ring (bicyclic) bond motifs is 3. The lowest BCUT2D eigenvalue weighted by Crippen LogP contribution is -2.14. The zero-order chi connectivity index (χ0) is 9.54. The Bertz CT molecular complexity index is 622. The Morgan fingerprint density at radius 2 is 2.36 bits per heavy atom. The standard InChI is InChI=1S/C10H6N4/c11-4-6-1-2-8-7(3-6)9-10(14-8)13-5-12-9/h1-2,5H,3H2,(H,12,13,14). The van der Waals surface area contributed by atoms with Gasteiger partial charge in [0.1, 0.15) is 12.0 Å². The maximum absolute atomic E-state index is 8.79. The van der Waals surface area contributed by atoms with Gasteiger partial charge in [0.05, 0.1) is 6.07 Å². The van der Waals surface area contributed by atoms with Crippen LogP contribution < -0.4 is 10.8 Å². The Kier molecular flexibility index (Phi) is 1.26. The highest BCUT2D eigenvalue weighted by Crippen LogP contribution is 2.18. The molecule has 0 aromatic carbocycles. The summed E-state index contributed by atoms with van der Waals surface area (Å²) in [7, 11) is 0. The second kappa shape index (κ2) is 2.42. The average molecular weight is 182 g/mol. The second-order valence-corrected chi connectivity index (χ2v) is 3.24. The van der Waals surface area contributed by atoms with Crippen molar-refractivity contribution in [3.8, 4) is 6.07 Å². The molecule has 0 fully saturated rings.